The van der Waals surface area contributed by atoms with Gasteiger partial charge in [-0.25, -0.2) is 0 Å². The van der Waals surface area contributed by atoms with Gasteiger partial charge in [0.05, 0.1) is 11.0 Å². The molecule has 6 aromatic carbocycles. The van der Waals surface area contributed by atoms with Gasteiger partial charge in [-0.15, -0.1) is 8.19 Å². The van der Waals surface area contributed by atoms with E-state index in [1.165, 1.54) is 70.8 Å². The Hall–Kier alpha value is -4.58. The molecule has 2 heteroatoms. The minimum Gasteiger partial charge on any atom is -0.309 e. The van der Waals surface area contributed by atoms with Crippen LogP contribution < -0.4 is 0 Å². The molecule has 0 spiro atoms. The molecule has 38 heavy (non-hydrogen) atoms. The van der Waals surface area contributed by atoms with Crippen molar-refractivity contribution >= 4 is 51.0 Å². The van der Waals surface area contributed by atoms with Crippen LogP contribution in [0.5, 0.6) is 0 Å². The van der Waals surface area contributed by atoms with Crippen LogP contribution in [0.4, 0.5) is 0 Å². The molecule has 1 unspecified atom stereocenters. The molecule has 1 nitrogen and oxygen atoms in total. The van der Waals surface area contributed by atoms with Crippen molar-refractivity contribution in [1.82, 2.24) is 4.57 Å². The Kier molecular flexibility index (Phi) is 4.80. The van der Waals surface area contributed by atoms with E-state index in [-0.39, 0.29) is 0 Å². The number of rotatable bonds is 3. The quantitative estimate of drug-likeness (QED) is 0.227. The molecule has 0 radical (unpaired) electrons. The Morgan fingerprint density at radius 3 is 1.61 bits per heavy atom. The summed E-state index contributed by atoms with van der Waals surface area (Å²) in [5.41, 5.74) is 8.74. The van der Waals surface area contributed by atoms with Crippen molar-refractivity contribution in [3.63, 3.8) is 0 Å². The standard InChI is InChI=1S/C36H24NP/c1-3-9-24(10-4-1)25-16-19-35-31(22-25)32-23-27(17-20-36(32)38-35)26-15-18-34-30(21-26)29-13-7-8-14-33(29)37(34)28-11-5-2-6-12-28/h1-23,38H. The molecule has 0 aliphatic carbocycles. The van der Waals surface area contributed by atoms with E-state index >= 15 is 0 Å². The van der Waals surface area contributed by atoms with Crippen LogP contribution >= 0.6 is 8.19 Å². The van der Waals surface area contributed by atoms with Gasteiger partial charge in [0.2, 0.25) is 0 Å². The first-order chi connectivity index (χ1) is 18.8. The van der Waals surface area contributed by atoms with Crippen molar-refractivity contribution < 1.29 is 0 Å². The number of para-hydroxylation sites is 2. The molecule has 2 aromatic heterocycles. The highest BCUT2D eigenvalue weighted by molar-refractivity contribution is 7.43. The average Bonchev–Trinajstić information content (AvgIpc) is 3.52. The summed E-state index contributed by atoms with van der Waals surface area (Å²) in [5.74, 6) is 0. The van der Waals surface area contributed by atoms with Crippen molar-refractivity contribution in [2.45, 2.75) is 0 Å². The summed E-state index contributed by atoms with van der Waals surface area (Å²) in [6.45, 7) is 0. The maximum Gasteiger partial charge on any atom is 0.0541 e. The molecule has 8 rings (SSSR count). The SMILES string of the molecule is c1ccc(-c2ccc3[pH]c4ccc(-c5ccc6c(c5)c5ccccc5n6-c5ccccc5)cc4c3c2)cc1. The van der Waals surface area contributed by atoms with Crippen LogP contribution in [0.3, 0.4) is 0 Å². The number of fused-ring (bicyclic) bond motifs is 6. The highest BCUT2D eigenvalue weighted by Gasteiger charge is 2.14. The Balaban J connectivity index is 1.32. The van der Waals surface area contributed by atoms with E-state index in [0.29, 0.717) is 8.19 Å². The summed E-state index contributed by atoms with van der Waals surface area (Å²) >= 11 is 0. The van der Waals surface area contributed by atoms with Crippen LogP contribution in [-0.4, -0.2) is 4.57 Å². The molecule has 2 heterocycles. The van der Waals surface area contributed by atoms with E-state index in [1.807, 2.05) is 0 Å². The van der Waals surface area contributed by atoms with Gasteiger partial charge in [0.1, 0.15) is 0 Å². The van der Waals surface area contributed by atoms with Crippen molar-refractivity contribution in [3.05, 3.63) is 140 Å². The Bertz CT molecular complexity index is 2110. The monoisotopic (exact) mass is 501 g/mol. The number of benzene rings is 6. The molecule has 0 aliphatic rings. The zero-order valence-electron chi connectivity index (χ0n) is 20.7. The first-order valence-electron chi connectivity index (χ1n) is 13.0. The highest BCUT2D eigenvalue weighted by atomic mass is 31.0. The topological polar surface area (TPSA) is 4.93 Å². The Labute approximate surface area is 222 Å². The second-order valence-electron chi connectivity index (χ2n) is 9.93. The van der Waals surface area contributed by atoms with Crippen LogP contribution in [0.25, 0.3) is 70.8 Å². The van der Waals surface area contributed by atoms with E-state index in [2.05, 4.69) is 144 Å². The molecule has 178 valence electrons. The number of aromatic nitrogens is 1. The van der Waals surface area contributed by atoms with Gasteiger partial charge in [0, 0.05) is 16.5 Å². The molecular weight excluding hydrogens is 477 g/mol. The summed E-state index contributed by atoms with van der Waals surface area (Å²) in [5, 5.41) is 8.21. The minimum absolute atomic E-state index is 0.714. The first-order valence-corrected chi connectivity index (χ1v) is 14.0. The maximum absolute atomic E-state index is 2.40. The van der Waals surface area contributed by atoms with Gasteiger partial charge in [-0.05, 0) is 97.9 Å². The van der Waals surface area contributed by atoms with Gasteiger partial charge in [0.25, 0.3) is 0 Å². The molecule has 0 saturated heterocycles. The molecule has 0 aliphatic heterocycles. The predicted octanol–water partition coefficient (Wildman–Crippen LogP) is 10.5. The maximum atomic E-state index is 2.40. The smallest absolute Gasteiger partial charge is 0.0541 e. The Morgan fingerprint density at radius 1 is 0.368 bits per heavy atom. The molecule has 0 fully saturated rings. The van der Waals surface area contributed by atoms with Gasteiger partial charge >= 0.3 is 0 Å². The predicted molar refractivity (Wildman–Crippen MR) is 166 cm³/mol. The fraction of sp³-hybridized carbons (Fsp3) is 0. The van der Waals surface area contributed by atoms with E-state index in [1.54, 1.807) is 0 Å². The summed E-state index contributed by atoms with van der Waals surface area (Å²) in [4.78, 5) is 0. The van der Waals surface area contributed by atoms with Gasteiger partial charge in [0.15, 0.2) is 0 Å². The number of hydrogen-bond acceptors (Lipinski definition) is 0. The van der Waals surface area contributed by atoms with Crippen molar-refractivity contribution in [1.29, 1.82) is 0 Å². The lowest BCUT2D eigenvalue weighted by Gasteiger charge is -2.08. The molecule has 0 saturated carbocycles. The largest absolute Gasteiger partial charge is 0.309 e. The number of hydrogen-bond donors (Lipinski definition) is 0. The molecule has 0 bridgehead atoms. The van der Waals surface area contributed by atoms with Gasteiger partial charge in [-0.3, -0.25) is 0 Å². The van der Waals surface area contributed by atoms with Crippen molar-refractivity contribution in [3.8, 4) is 27.9 Å². The zero-order valence-corrected chi connectivity index (χ0v) is 21.7. The third-order valence-corrected chi connectivity index (χ3v) is 9.14. The van der Waals surface area contributed by atoms with E-state index in [0.717, 1.165) is 0 Å². The summed E-state index contributed by atoms with van der Waals surface area (Å²) in [6, 6.07) is 51.0. The Morgan fingerprint density at radius 2 is 0.895 bits per heavy atom. The van der Waals surface area contributed by atoms with Gasteiger partial charge < -0.3 is 4.57 Å². The van der Waals surface area contributed by atoms with Crippen LogP contribution in [0.15, 0.2) is 140 Å². The van der Waals surface area contributed by atoms with E-state index in [9.17, 15) is 0 Å². The van der Waals surface area contributed by atoms with Crippen LogP contribution in [-0.2, 0) is 0 Å². The minimum atomic E-state index is 0.714. The van der Waals surface area contributed by atoms with E-state index in [4.69, 9.17) is 0 Å². The molecule has 0 amide bonds. The van der Waals surface area contributed by atoms with Gasteiger partial charge in [-0.1, -0.05) is 84.9 Å². The fourth-order valence-corrected chi connectivity index (χ4v) is 7.20. The summed E-state index contributed by atoms with van der Waals surface area (Å²) in [7, 11) is 0.714. The molecule has 0 N–H and O–H groups in total. The number of nitrogens with zero attached hydrogens (tertiary/aromatic N) is 1. The van der Waals surface area contributed by atoms with Crippen molar-refractivity contribution in [2.75, 3.05) is 0 Å². The van der Waals surface area contributed by atoms with E-state index < -0.39 is 0 Å². The molecular formula is C36H24NP. The summed E-state index contributed by atoms with van der Waals surface area (Å²) < 4.78 is 2.37. The fourth-order valence-electron chi connectivity index (χ4n) is 5.89. The van der Waals surface area contributed by atoms with Crippen LogP contribution in [0.1, 0.15) is 0 Å². The lowest BCUT2D eigenvalue weighted by Crippen LogP contribution is -1.92. The lowest BCUT2D eigenvalue weighted by molar-refractivity contribution is 1.18. The highest BCUT2D eigenvalue weighted by Crippen LogP contribution is 2.42. The zero-order chi connectivity index (χ0) is 25.1. The molecule has 8 aromatic rings. The van der Waals surface area contributed by atoms with Crippen LogP contribution in [0.2, 0.25) is 0 Å². The van der Waals surface area contributed by atoms with Crippen LogP contribution in [0, 0.1) is 0 Å². The summed E-state index contributed by atoms with van der Waals surface area (Å²) in [6.07, 6.45) is 0. The lowest BCUT2D eigenvalue weighted by atomic mass is 9.99. The van der Waals surface area contributed by atoms with Crippen molar-refractivity contribution in [2.24, 2.45) is 0 Å². The second-order valence-corrected chi connectivity index (χ2v) is 11.3. The normalized spacial score (nSPS) is 11.9. The average molecular weight is 502 g/mol. The first kappa shape index (κ1) is 21.5. The third-order valence-electron chi connectivity index (χ3n) is 7.73. The molecule has 1 atom stereocenters. The third kappa shape index (κ3) is 3.33. The second kappa shape index (κ2) is 8.48. The van der Waals surface area contributed by atoms with Gasteiger partial charge in [-0.2, -0.15) is 0 Å².